The predicted molar refractivity (Wildman–Crippen MR) is 82.2 cm³/mol. The third-order valence-electron chi connectivity index (χ3n) is 3.84. The molecule has 0 saturated carbocycles. The van der Waals surface area contributed by atoms with Gasteiger partial charge in [0.05, 0.1) is 6.26 Å². The average molecular weight is 310 g/mol. The Kier molecular flexibility index (Phi) is 5.00. The van der Waals surface area contributed by atoms with E-state index < -0.39 is 10.0 Å². The normalized spacial score (nSPS) is 17.6. The van der Waals surface area contributed by atoms with Gasteiger partial charge in [0.2, 0.25) is 15.9 Å². The second-order valence-corrected chi connectivity index (χ2v) is 7.63. The summed E-state index contributed by atoms with van der Waals surface area (Å²) < 4.78 is 24.3. The first-order valence-corrected chi connectivity index (χ1v) is 8.99. The van der Waals surface area contributed by atoms with Crippen LogP contribution in [0.5, 0.6) is 0 Å². The van der Waals surface area contributed by atoms with Crippen LogP contribution >= 0.6 is 0 Å². The zero-order valence-corrected chi connectivity index (χ0v) is 13.3. The molecule has 2 rings (SSSR count). The van der Waals surface area contributed by atoms with E-state index in [1.165, 1.54) is 16.1 Å². The highest BCUT2D eigenvalue weighted by atomic mass is 32.2. The van der Waals surface area contributed by atoms with E-state index in [-0.39, 0.29) is 11.8 Å². The Labute approximate surface area is 126 Å². The fourth-order valence-electron chi connectivity index (χ4n) is 2.61. The van der Waals surface area contributed by atoms with Crippen LogP contribution in [-0.2, 0) is 21.4 Å². The third kappa shape index (κ3) is 4.54. The van der Waals surface area contributed by atoms with Gasteiger partial charge in [0.15, 0.2) is 0 Å². The van der Waals surface area contributed by atoms with Crippen molar-refractivity contribution in [2.45, 2.75) is 26.3 Å². The lowest BCUT2D eigenvalue weighted by Crippen LogP contribution is -2.42. The van der Waals surface area contributed by atoms with Gasteiger partial charge in [-0.05, 0) is 25.3 Å². The highest BCUT2D eigenvalue weighted by molar-refractivity contribution is 7.88. The van der Waals surface area contributed by atoms with E-state index in [2.05, 4.69) is 5.32 Å². The molecular weight excluding hydrogens is 288 g/mol. The Morgan fingerprint density at radius 2 is 2.00 bits per heavy atom. The molecule has 1 aliphatic heterocycles. The number of benzene rings is 1. The van der Waals surface area contributed by atoms with Crippen molar-refractivity contribution in [3.63, 3.8) is 0 Å². The summed E-state index contributed by atoms with van der Waals surface area (Å²) in [6.07, 6.45) is 2.39. The van der Waals surface area contributed by atoms with Crippen molar-refractivity contribution < 1.29 is 13.2 Å². The molecule has 0 bridgehead atoms. The van der Waals surface area contributed by atoms with Crippen molar-refractivity contribution in [2.24, 2.45) is 5.92 Å². The summed E-state index contributed by atoms with van der Waals surface area (Å²) in [5.41, 5.74) is 2.25. The fraction of sp³-hybridized carbons (Fsp3) is 0.533. The number of hydrogen-bond acceptors (Lipinski definition) is 3. The molecule has 1 amide bonds. The Balaban J connectivity index is 1.83. The predicted octanol–water partition coefficient (Wildman–Crippen LogP) is 1.28. The van der Waals surface area contributed by atoms with E-state index in [4.69, 9.17) is 0 Å². The van der Waals surface area contributed by atoms with Crippen LogP contribution in [0.3, 0.4) is 0 Å². The summed E-state index contributed by atoms with van der Waals surface area (Å²) in [6, 6.07) is 8.03. The van der Waals surface area contributed by atoms with E-state index in [9.17, 15) is 13.2 Å². The van der Waals surface area contributed by atoms with E-state index >= 15 is 0 Å². The van der Waals surface area contributed by atoms with Gasteiger partial charge in [-0.2, -0.15) is 0 Å². The maximum Gasteiger partial charge on any atom is 0.223 e. The maximum absolute atomic E-state index is 12.1. The topological polar surface area (TPSA) is 66.5 Å². The van der Waals surface area contributed by atoms with Gasteiger partial charge in [-0.1, -0.05) is 29.8 Å². The number of hydrogen-bond donors (Lipinski definition) is 1. The molecule has 0 spiro atoms. The fourth-order valence-corrected chi connectivity index (χ4v) is 3.48. The van der Waals surface area contributed by atoms with E-state index in [0.29, 0.717) is 32.5 Å². The molecule has 1 fully saturated rings. The zero-order valence-electron chi connectivity index (χ0n) is 12.5. The molecular formula is C15H22N2O3S. The molecule has 0 unspecified atom stereocenters. The van der Waals surface area contributed by atoms with Crippen molar-refractivity contribution in [1.29, 1.82) is 0 Å². The van der Waals surface area contributed by atoms with Gasteiger partial charge >= 0.3 is 0 Å². The quantitative estimate of drug-likeness (QED) is 0.911. The number of piperidine rings is 1. The number of nitrogens with zero attached hydrogens (tertiary/aromatic N) is 1. The molecule has 6 heteroatoms. The average Bonchev–Trinajstić information content (AvgIpc) is 2.44. The Morgan fingerprint density at radius 1 is 1.33 bits per heavy atom. The highest BCUT2D eigenvalue weighted by Gasteiger charge is 2.28. The number of nitrogens with one attached hydrogen (secondary N) is 1. The number of amides is 1. The zero-order chi connectivity index (χ0) is 15.5. The first-order valence-electron chi connectivity index (χ1n) is 7.14. The SMILES string of the molecule is Cc1cccc(CNC(=O)C2CCN(S(C)(=O)=O)CC2)c1. The molecule has 1 aliphatic rings. The maximum atomic E-state index is 12.1. The number of aryl methyl sites for hydroxylation is 1. The first kappa shape index (κ1) is 16.0. The lowest BCUT2D eigenvalue weighted by atomic mass is 9.97. The van der Waals surface area contributed by atoms with Crippen LogP contribution < -0.4 is 5.32 Å². The minimum absolute atomic E-state index is 0.0182. The third-order valence-corrected chi connectivity index (χ3v) is 5.15. The molecule has 5 nitrogen and oxygen atoms in total. The van der Waals surface area contributed by atoms with Crippen LogP contribution in [0.1, 0.15) is 24.0 Å². The first-order chi connectivity index (χ1) is 9.86. The summed E-state index contributed by atoms with van der Waals surface area (Å²) in [7, 11) is -3.13. The minimum atomic E-state index is -3.13. The van der Waals surface area contributed by atoms with Crippen molar-refractivity contribution in [3.8, 4) is 0 Å². The summed E-state index contributed by atoms with van der Waals surface area (Å²) in [5, 5.41) is 2.94. The second kappa shape index (κ2) is 6.58. The van der Waals surface area contributed by atoms with Crippen LogP contribution in [0.4, 0.5) is 0 Å². The van der Waals surface area contributed by atoms with Crippen molar-refractivity contribution >= 4 is 15.9 Å². The molecule has 0 aliphatic carbocycles. The molecule has 0 aromatic heterocycles. The van der Waals surface area contributed by atoms with Crippen LogP contribution in [-0.4, -0.2) is 38.0 Å². The summed E-state index contributed by atoms with van der Waals surface area (Å²) in [6.45, 7) is 3.40. The minimum Gasteiger partial charge on any atom is -0.352 e. The Hall–Kier alpha value is -1.40. The van der Waals surface area contributed by atoms with Gasteiger partial charge in [0, 0.05) is 25.6 Å². The van der Waals surface area contributed by atoms with Gasteiger partial charge in [-0.25, -0.2) is 12.7 Å². The smallest absolute Gasteiger partial charge is 0.223 e. The molecule has 21 heavy (non-hydrogen) atoms. The van der Waals surface area contributed by atoms with Crippen LogP contribution in [0.2, 0.25) is 0 Å². The molecule has 0 radical (unpaired) electrons. The largest absolute Gasteiger partial charge is 0.352 e. The van der Waals surface area contributed by atoms with E-state index in [0.717, 1.165) is 5.56 Å². The van der Waals surface area contributed by atoms with Gasteiger partial charge < -0.3 is 5.32 Å². The monoisotopic (exact) mass is 310 g/mol. The Morgan fingerprint density at radius 3 is 2.57 bits per heavy atom. The molecule has 1 heterocycles. The number of rotatable bonds is 4. The molecule has 0 atom stereocenters. The molecule has 1 aromatic carbocycles. The summed E-state index contributed by atoms with van der Waals surface area (Å²) >= 11 is 0. The molecule has 116 valence electrons. The van der Waals surface area contributed by atoms with Gasteiger partial charge in [0.25, 0.3) is 0 Å². The van der Waals surface area contributed by atoms with Gasteiger partial charge in [-0.15, -0.1) is 0 Å². The van der Waals surface area contributed by atoms with Crippen molar-refractivity contribution in [3.05, 3.63) is 35.4 Å². The summed E-state index contributed by atoms with van der Waals surface area (Å²) in [4.78, 5) is 12.1. The standard InChI is InChI=1S/C15H22N2O3S/c1-12-4-3-5-13(10-12)11-16-15(18)14-6-8-17(9-7-14)21(2,19)20/h3-5,10,14H,6-9,11H2,1-2H3,(H,16,18). The molecule has 1 N–H and O–H groups in total. The van der Waals surface area contributed by atoms with Crippen molar-refractivity contribution in [1.82, 2.24) is 9.62 Å². The lowest BCUT2D eigenvalue weighted by Gasteiger charge is -2.29. The van der Waals surface area contributed by atoms with Crippen LogP contribution in [0, 0.1) is 12.8 Å². The van der Waals surface area contributed by atoms with Crippen molar-refractivity contribution in [2.75, 3.05) is 19.3 Å². The summed E-state index contributed by atoms with van der Waals surface area (Å²) in [5.74, 6) is -0.0718. The Bertz CT molecular complexity index is 605. The van der Waals surface area contributed by atoms with E-state index in [1.54, 1.807) is 0 Å². The lowest BCUT2D eigenvalue weighted by molar-refractivity contribution is -0.126. The molecule has 1 aromatic rings. The molecule has 1 saturated heterocycles. The van der Waals surface area contributed by atoms with Crippen LogP contribution in [0.15, 0.2) is 24.3 Å². The van der Waals surface area contributed by atoms with Crippen LogP contribution in [0.25, 0.3) is 0 Å². The number of sulfonamides is 1. The second-order valence-electron chi connectivity index (χ2n) is 5.64. The highest BCUT2D eigenvalue weighted by Crippen LogP contribution is 2.19. The number of carbonyl (C=O) groups excluding carboxylic acids is 1. The van der Waals surface area contributed by atoms with Gasteiger partial charge in [0.1, 0.15) is 0 Å². The van der Waals surface area contributed by atoms with E-state index in [1.807, 2.05) is 31.2 Å². The van der Waals surface area contributed by atoms with Gasteiger partial charge in [-0.3, -0.25) is 4.79 Å². The number of carbonyl (C=O) groups is 1.